The quantitative estimate of drug-likeness (QED) is 0.232. The molecule has 1 aliphatic rings. The highest BCUT2D eigenvalue weighted by Gasteiger charge is 2.27. The lowest BCUT2D eigenvalue weighted by molar-refractivity contribution is 0.275. The Morgan fingerprint density at radius 1 is 1.47 bits per heavy atom. The van der Waals surface area contributed by atoms with Gasteiger partial charge in [-0.2, -0.15) is 0 Å². The fourth-order valence-corrected chi connectivity index (χ4v) is 2.24. The first-order valence-corrected chi connectivity index (χ1v) is 6.01. The Labute approximate surface area is 92.1 Å². The molecule has 0 amide bonds. The van der Waals surface area contributed by atoms with Gasteiger partial charge >= 0.3 is 0 Å². The lowest BCUT2D eigenvalue weighted by Crippen LogP contribution is -2.40. The van der Waals surface area contributed by atoms with E-state index in [0.717, 1.165) is 25.9 Å². The minimum absolute atomic E-state index is 0.177. The van der Waals surface area contributed by atoms with Gasteiger partial charge in [-0.15, -0.1) is 0 Å². The van der Waals surface area contributed by atoms with Gasteiger partial charge in [0.15, 0.2) is 5.84 Å². The van der Waals surface area contributed by atoms with Crippen LogP contribution in [0.5, 0.6) is 0 Å². The standard InChI is InChI=1S/C11H23N3O/c1-2-3-4-5-8-14-9-6-7-10(14)11(12)13-15/h10,15H,2-9H2,1H3,(H2,12,13). The Bertz CT molecular complexity index is 206. The lowest BCUT2D eigenvalue weighted by atomic mass is 10.1. The normalized spacial score (nSPS) is 23.5. The molecule has 1 fully saturated rings. The first kappa shape index (κ1) is 12.3. The molecule has 15 heavy (non-hydrogen) atoms. The summed E-state index contributed by atoms with van der Waals surface area (Å²) in [6, 6.07) is 0.177. The van der Waals surface area contributed by atoms with Gasteiger partial charge in [-0.05, 0) is 32.4 Å². The molecule has 0 aliphatic carbocycles. The zero-order valence-electron chi connectivity index (χ0n) is 9.65. The van der Waals surface area contributed by atoms with E-state index in [1.54, 1.807) is 0 Å². The zero-order chi connectivity index (χ0) is 11.1. The van der Waals surface area contributed by atoms with E-state index in [1.165, 1.54) is 25.7 Å². The first-order valence-electron chi connectivity index (χ1n) is 6.01. The molecule has 0 aromatic carbocycles. The summed E-state index contributed by atoms with van der Waals surface area (Å²) in [5, 5.41) is 11.8. The van der Waals surface area contributed by atoms with Crippen LogP contribution in [-0.4, -0.2) is 35.1 Å². The molecule has 4 nitrogen and oxygen atoms in total. The second kappa shape index (κ2) is 6.67. The first-order chi connectivity index (χ1) is 7.29. The molecule has 0 bridgehead atoms. The van der Waals surface area contributed by atoms with Crippen molar-refractivity contribution in [3.8, 4) is 0 Å². The number of rotatable bonds is 6. The number of amidine groups is 1. The van der Waals surface area contributed by atoms with Gasteiger partial charge < -0.3 is 10.9 Å². The van der Waals surface area contributed by atoms with E-state index in [2.05, 4.69) is 17.0 Å². The average Bonchev–Trinajstić information content (AvgIpc) is 2.71. The smallest absolute Gasteiger partial charge is 0.156 e. The summed E-state index contributed by atoms with van der Waals surface area (Å²) in [7, 11) is 0. The van der Waals surface area contributed by atoms with Crippen LogP contribution >= 0.6 is 0 Å². The summed E-state index contributed by atoms with van der Waals surface area (Å²) in [4.78, 5) is 2.34. The third-order valence-electron chi connectivity index (χ3n) is 3.12. The third kappa shape index (κ3) is 3.70. The predicted octanol–water partition coefficient (Wildman–Crippen LogP) is 1.78. The minimum atomic E-state index is 0.177. The number of oxime groups is 1. The van der Waals surface area contributed by atoms with Gasteiger partial charge in [-0.25, -0.2) is 0 Å². The van der Waals surface area contributed by atoms with Crippen LogP contribution in [-0.2, 0) is 0 Å². The number of hydrogen-bond donors (Lipinski definition) is 2. The molecule has 1 aliphatic heterocycles. The van der Waals surface area contributed by atoms with Gasteiger partial charge in [0.05, 0.1) is 6.04 Å². The highest BCUT2D eigenvalue weighted by molar-refractivity contribution is 5.85. The van der Waals surface area contributed by atoms with Crippen LogP contribution in [0.3, 0.4) is 0 Å². The molecule has 1 rings (SSSR count). The maximum absolute atomic E-state index is 8.66. The van der Waals surface area contributed by atoms with Crippen LogP contribution in [0, 0.1) is 0 Å². The SMILES string of the molecule is CCCCCCN1CCCC1C(N)=NO. The molecule has 0 aromatic heterocycles. The summed E-state index contributed by atoms with van der Waals surface area (Å²) in [6.45, 7) is 4.39. The summed E-state index contributed by atoms with van der Waals surface area (Å²) in [5.41, 5.74) is 5.66. The maximum Gasteiger partial charge on any atom is 0.156 e. The van der Waals surface area contributed by atoms with Gasteiger partial charge in [0.25, 0.3) is 0 Å². The number of nitrogens with two attached hydrogens (primary N) is 1. The van der Waals surface area contributed by atoms with Crippen molar-refractivity contribution in [1.82, 2.24) is 4.90 Å². The van der Waals surface area contributed by atoms with Crippen LogP contribution in [0.25, 0.3) is 0 Å². The average molecular weight is 213 g/mol. The molecule has 0 spiro atoms. The molecule has 0 radical (unpaired) electrons. The molecular weight excluding hydrogens is 190 g/mol. The third-order valence-corrected chi connectivity index (χ3v) is 3.12. The van der Waals surface area contributed by atoms with E-state index in [0.29, 0.717) is 5.84 Å². The Morgan fingerprint density at radius 3 is 2.93 bits per heavy atom. The molecule has 88 valence electrons. The topological polar surface area (TPSA) is 61.8 Å². The van der Waals surface area contributed by atoms with Crippen molar-refractivity contribution in [2.24, 2.45) is 10.9 Å². The summed E-state index contributed by atoms with van der Waals surface area (Å²) in [6.07, 6.45) is 7.28. The van der Waals surface area contributed by atoms with Gasteiger partial charge in [-0.1, -0.05) is 31.3 Å². The summed E-state index contributed by atoms with van der Waals surface area (Å²) >= 11 is 0. The number of likely N-dealkylation sites (tertiary alicyclic amines) is 1. The molecule has 0 aromatic rings. The molecule has 1 atom stereocenters. The molecular formula is C11H23N3O. The maximum atomic E-state index is 8.66. The molecule has 1 saturated heterocycles. The van der Waals surface area contributed by atoms with Crippen molar-refractivity contribution >= 4 is 5.84 Å². The molecule has 1 heterocycles. The zero-order valence-corrected chi connectivity index (χ0v) is 9.65. The Balaban J connectivity index is 2.27. The van der Waals surface area contributed by atoms with Gasteiger partial charge in [0.1, 0.15) is 0 Å². The molecule has 1 unspecified atom stereocenters. The number of nitrogens with zero attached hydrogens (tertiary/aromatic N) is 2. The van der Waals surface area contributed by atoms with Crippen molar-refractivity contribution in [2.75, 3.05) is 13.1 Å². The highest BCUT2D eigenvalue weighted by atomic mass is 16.4. The van der Waals surface area contributed by atoms with Gasteiger partial charge in [0.2, 0.25) is 0 Å². The predicted molar refractivity (Wildman–Crippen MR) is 62.1 cm³/mol. The minimum Gasteiger partial charge on any atom is -0.409 e. The summed E-state index contributed by atoms with van der Waals surface area (Å²) in [5.74, 6) is 0.378. The van der Waals surface area contributed by atoms with Crippen LogP contribution < -0.4 is 5.73 Å². The van der Waals surface area contributed by atoms with Crippen LogP contribution in [0.1, 0.15) is 45.4 Å². The van der Waals surface area contributed by atoms with E-state index in [-0.39, 0.29) is 6.04 Å². The summed E-state index contributed by atoms with van der Waals surface area (Å²) < 4.78 is 0. The second-order valence-electron chi connectivity index (χ2n) is 4.28. The van der Waals surface area contributed by atoms with Crippen LogP contribution in [0.4, 0.5) is 0 Å². The molecule has 3 N–H and O–H groups in total. The van der Waals surface area contributed by atoms with Crippen molar-refractivity contribution in [1.29, 1.82) is 0 Å². The highest BCUT2D eigenvalue weighted by Crippen LogP contribution is 2.18. The number of hydrogen-bond acceptors (Lipinski definition) is 3. The Kier molecular flexibility index (Phi) is 5.47. The van der Waals surface area contributed by atoms with Crippen molar-refractivity contribution in [3.63, 3.8) is 0 Å². The van der Waals surface area contributed by atoms with E-state index in [4.69, 9.17) is 10.9 Å². The lowest BCUT2D eigenvalue weighted by Gasteiger charge is -2.22. The molecule has 0 saturated carbocycles. The largest absolute Gasteiger partial charge is 0.409 e. The Morgan fingerprint density at radius 2 is 2.27 bits per heavy atom. The Hall–Kier alpha value is -0.770. The van der Waals surface area contributed by atoms with E-state index in [1.807, 2.05) is 0 Å². The van der Waals surface area contributed by atoms with Crippen molar-refractivity contribution in [3.05, 3.63) is 0 Å². The van der Waals surface area contributed by atoms with E-state index < -0.39 is 0 Å². The van der Waals surface area contributed by atoms with Crippen molar-refractivity contribution in [2.45, 2.75) is 51.5 Å². The molecule has 4 heteroatoms. The number of unbranched alkanes of at least 4 members (excludes halogenated alkanes) is 3. The van der Waals surface area contributed by atoms with E-state index >= 15 is 0 Å². The fraction of sp³-hybridized carbons (Fsp3) is 0.909. The van der Waals surface area contributed by atoms with Crippen LogP contribution in [0.15, 0.2) is 5.16 Å². The monoisotopic (exact) mass is 213 g/mol. The van der Waals surface area contributed by atoms with Crippen LogP contribution in [0.2, 0.25) is 0 Å². The van der Waals surface area contributed by atoms with Crippen molar-refractivity contribution < 1.29 is 5.21 Å². The fourth-order valence-electron chi connectivity index (χ4n) is 2.24. The van der Waals surface area contributed by atoms with E-state index in [9.17, 15) is 0 Å². The van der Waals surface area contributed by atoms with Gasteiger partial charge in [-0.3, -0.25) is 4.90 Å². The second-order valence-corrected chi connectivity index (χ2v) is 4.28. The van der Waals surface area contributed by atoms with Gasteiger partial charge in [0, 0.05) is 0 Å².